The van der Waals surface area contributed by atoms with E-state index in [1.165, 1.54) is 0 Å². The summed E-state index contributed by atoms with van der Waals surface area (Å²) in [6.45, 7) is 0. The molecule has 4 heteroatoms. The molecule has 0 spiro atoms. The number of hydrogen-bond acceptors (Lipinski definition) is 3. The van der Waals surface area contributed by atoms with Crippen molar-refractivity contribution in [3.05, 3.63) is 11.8 Å². The molecule has 9 heavy (non-hydrogen) atoms. The molecule has 52 valence electrons. The van der Waals surface area contributed by atoms with Crippen LogP contribution in [0.4, 0.5) is 0 Å². The second-order valence-corrected chi connectivity index (χ2v) is 5.90. The van der Waals surface area contributed by atoms with E-state index in [1.54, 1.807) is 11.8 Å². The highest BCUT2D eigenvalue weighted by molar-refractivity contribution is 14.1. The zero-order valence-corrected chi connectivity index (χ0v) is 7.91. The summed E-state index contributed by atoms with van der Waals surface area (Å²) in [6, 6.07) is 0. The molecule has 0 bridgehead atoms. The van der Waals surface area contributed by atoms with E-state index in [1.807, 2.05) is 6.08 Å². The van der Waals surface area contributed by atoms with Gasteiger partial charge in [0.15, 0.2) is 0 Å². The molecule has 0 amide bonds. The number of nitrogens with two attached hydrogens (primary N) is 2. The lowest BCUT2D eigenvalue weighted by Crippen LogP contribution is -2.30. The molecule has 2 nitrogen and oxygen atoms in total. The third-order valence-electron chi connectivity index (χ3n) is 1.10. The first-order chi connectivity index (χ1) is 4.10. The van der Waals surface area contributed by atoms with E-state index in [4.69, 9.17) is 11.5 Å². The average molecular weight is 256 g/mol. The molecule has 0 radical (unpaired) electrons. The van der Waals surface area contributed by atoms with Crippen LogP contribution in [-0.4, -0.2) is 8.63 Å². The SMILES string of the molecule is NC1=CC(N)(I)SCC1. The number of alkyl halides is 1. The van der Waals surface area contributed by atoms with E-state index in [9.17, 15) is 0 Å². The van der Waals surface area contributed by atoms with Crippen LogP contribution in [-0.2, 0) is 0 Å². The predicted octanol–water partition coefficient (Wildman–Crippen LogP) is 1.01. The molecule has 0 aromatic carbocycles. The van der Waals surface area contributed by atoms with Gasteiger partial charge in [-0.1, -0.05) is 0 Å². The van der Waals surface area contributed by atoms with E-state index in [0.717, 1.165) is 17.9 Å². The molecule has 0 aliphatic carbocycles. The van der Waals surface area contributed by atoms with Gasteiger partial charge in [-0.3, -0.25) is 0 Å². The molecule has 1 aliphatic heterocycles. The number of halogens is 1. The minimum atomic E-state index is -0.250. The third-order valence-corrected chi connectivity index (χ3v) is 3.31. The van der Waals surface area contributed by atoms with Crippen LogP contribution in [0.5, 0.6) is 0 Å². The van der Waals surface area contributed by atoms with Gasteiger partial charge in [-0.2, -0.15) is 0 Å². The van der Waals surface area contributed by atoms with Gasteiger partial charge < -0.3 is 11.5 Å². The smallest absolute Gasteiger partial charge is 0.135 e. The van der Waals surface area contributed by atoms with E-state index in [-0.39, 0.29) is 2.88 Å². The molecular formula is C5H9IN2S. The molecule has 0 saturated heterocycles. The zero-order chi connectivity index (χ0) is 6.91. The highest BCUT2D eigenvalue weighted by Crippen LogP contribution is 2.33. The Kier molecular flexibility index (Phi) is 2.28. The van der Waals surface area contributed by atoms with Gasteiger partial charge >= 0.3 is 0 Å². The molecule has 0 aromatic rings. The average Bonchev–Trinajstić information content (AvgIpc) is 1.60. The van der Waals surface area contributed by atoms with Crippen LogP contribution in [0.15, 0.2) is 11.8 Å². The molecule has 1 atom stereocenters. The Morgan fingerprint density at radius 1 is 1.78 bits per heavy atom. The number of rotatable bonds is 0. The van der Waals surface area contributed by atoms with Gasteiger partial charge in [0.2, 0.25) is 0 Å². The van der Waals surface area contributed by atoms with Crippen LogP contribution in [0.3, 0.4) is 0 Å². The van der Waals surface area contributed by atoms with E-state index < -0.39 is 0 Å². The van der Waals surface area contributed by atoms with Crippen LogP contribution in [0.25, 0.3) is 0 Å². The normalized spacial score (nSPS) is 36.0. The van der Waals surface area contributed by atoms with Crippen molar-refractivity contribution in [1.29, 1.82) is 0 Å². The van der Waals surface area contributed by atoms with Crippen molar-refractivity contribution in [2.75, 3.05) is 5.75 Å². The lowest BCUT2D eigenvalue weighted by atomic mass is 10.3. The van der Waals surface area contributed by atoms with Gasteiger partial charge in [0.1, 0.15) is 2.88 Å². The molecule has 0 fully saturated rings. The fourth-order valence-electron chi connectivity index (χ4n) is 0.692. The Morgan fingerprint density at radius 3 is 2.78 bits per heavy atom. The van der Waals surface area contributed by atoms with Gasteiger partial charge in [0.25, 0.3) is 0 Å². The molecule has 1 aliphatic rings. The van der Waals surface area contributed by atoms with Crippen molar-refractivity contribution in [3.8, 4) is 0 Å². The monoisotopic (exact) mass is 256 g/mol. The molecule has 4 N–H and O–H groups in total. The maximum atomic E-state index is 5.76. The highest BCUT2D eigenvalue weighted by atomic mass is 127. The minimum absolute atomic E-state index is 0.250. The standard InChI is InChI=1S/C5H9IN2S/c6-5(8)3-4(7)1-2-9-5/h3H,1-2,7-8H2. The summed E-state index contributed by atoms with van der Waals surface area (Å²) in [5.41, 5.74) is 12.3. The van der Waals surface area contributed by atoms with E-state index in [0.29, 0.717) is 0 Å². The Hall–Kier alpha value is 0.580. The molecule has 0 saturated carbocycles. The van der Waals surface area contributed by atoms with Crippen molar-refractivity contribution in [2.45, 2.75) is 9.30 Å². The predicted molar refractivity (Wildman–Crippen MR) is 50.3 cm³/mol. The lowest BCUT2D eigenvalue weighted by Gasteiger charge is -2.22. The fourth-order valence-corrected chi connectivity index (χ4v) is 2.64. The van der Waals surface area contributed by atoms with Crippen molar-refractivity contribution in [3.63, 3.8) is 0 Å². The summed E-state index contributed by atoms with van der Waals surface area (Å²) in [7, 11) is 0. The zero-order valence-electron chi connectivity index (χ0n) is 4.93. The topological polar surface area (TPSA) is 52.0 Å². The molecule has 0 aromatic heterocycles. The van der Waals surface area contributed by atoms with Gasteiger partial charge in [-0.25, -0.2) is 0 Å². The van der Waals surface area contributed by atoms with Gasteiger partial charge in [0.05, 0.1) is 0 Å². The van der Waals surface area contributed by atoms with Crippen LogP contribution >= 0.6 is 34.4 Å². The second kappa shape index (κ2) is 2.67. The minimum Gasteiger partial charge on any atom is -0.402 e. The van der Waals surface area contributed by atoms with Crippen LogP contribution in [0, 0.1) is 0 Å². The third kappa shape index (κ3) is 2.35. The summed E-state index contributed by atoms with van der Waals surface area (Å²) in [5, 5.41) is 0. The quantitative estimate of drug-likeness (QED) is 0.386. The Labute approximate surface area is 72.6 Å². The largest absolute Gasteiger partial charge is 0.402 e. The Bertz CT molecular complexity index is 144. The summed E-state index contributed by atoms with van der Waals surface area (Å²) >= 11 is 3.92. The first-order valence-electron chi connectivity index (χ1n) is 2.69. The van der Waals surface area contributed by atoms with E-state index in [2.05, 4.69) is 22.6 Å². The maximum absolute atomic E-state index is 5.76. The van der Waals surface area contributed by atoms with Crippen molar-refractivity contribution in [1.82, 2.24) is 0 Å². The van der Waals surface area contributed by atoms with Crippen LogP contribution < -0.4 is 11.5 Å². The number of allylic oxidation sites excluding steroid dienone is 1. The summed E-state index contributed by atoms with van der Waals surface area (Å²) in [6.07, 6.45) is 2.90. The Balaban J connectivity index is 2.68. The van der Waals surface area contributed by atoms with Crippen LogP contribution in [0.1, 0.15) is 6.42 Å². The first kappa shape index (κ1) is 7.68. The summed E-state index contributed by atoms with van der Waals surface area (Å²) in [5.74, 6) is 1.04. The van der Waals surface area contributed by atoms with Gasteiger partial charge in [-0.05, 0) is 35.1 Å². The van der Waals surface area contributed by atoms with Gasteiger partial charge in [0, 0.05) is 11.4 Å². The van der Waals surface area contributed by atoms with Crippen LogP contribution in [0.2, 0.25) is 0 Å². The summed E-state index contributed by atoms with van der Waals surface area (Å²) in [4.78, 5) is 0. The van der Waals surface area contributed by atoms with Gasteiger partial charge in [-0.15, -0.1) is 11.8 Å². The van der Waals surface area contributed by atoms with Crippen molar-refractivity contribution in [2.24, 2.45) is 11.5 Å². The number of thioether (sulfide) groups is 1. The molecule has 1 unspecified atom stereocenters. The Morgan fingerprint density at radius 2 is 2.44 bits per heavy atom. The first-order valence-corrected chi connectivity index (χ1v) is 4.75. The fraction of sp³-hybridized carbons (Fsp3) is 0.600. The summed E-state index contributed by atoms with van der Waals surface area (Å²) < 4.78 is -0.250. The molecule has 1 heterocycles. The molecular weight excluding hydrogens is 247 g/mol. The molecule has 1 rings (SSSR count). The maximum Gasteiger partial charge on any atom is 0.135 e. The van der Waals surface area contributed by atoms with Crippen molar-refractivity contribution < 1.29 is 0 Å². The second-order valence-electron chi connectivity index (χ2n) is 2.02. The number of hydrogen-bond donors (Lipinski definition) is 2. The highest BCUT2D eigenvalue weighted by Gasteiger charge is 2.21. The lowest BCUT2D eigenvalue weighted by molar-refractivity contribution is 0.981. The van der Waals surface area contributed by atoms with E-state index >= 15 is 0 Å². The van der Waals surface area contributed by atoms with Crippen molar-refractivity contribution >= 4 is 34.4 Å².